The van der Waals surface area contributed by atoms with Crippen LogP contribution < -0.4 is 14.8 Å². The Morgan fingerprint density at radius 1 is 1.00 bits per heavy atom. The Balaban J connectivity index is 1.91. The minimum absolute atomic E-state index is 0.0671. The Bertz CT molecular complexity index is 800. The van der Waals surface area contributed by atoms with Crippen molar-refractivity contribution in [2.75, 3.05) is 13.7 Å². The van der Waals surface area contributed by atoms with Crippen LogP contribution >= 0.6 is 0 Å². The maximum atomic E-state index is 12.1. The average molecular weight is 362 g/mol. The highest BCUT2D eigenvalue weighted by molar-refractivity contribution is 7.88. The number of hydrogen-bond donors (Lipinski definition) is 2. The summed E-state index contributed by atoms with van der Waals surface area (Å²) < 4.78 is 30.7. The van der Waals surface area contributed by atoms with Gasteiger partial charge in [-0.15, -0.1) is 0 Å². The fourth-order valence-corrected chi connectivity index (χ4v) is 2.97. The van der Waals surface area contributed by atoms with Gasteiger partial charge in [-0.1, -0.05) is 24.3 Å². The highest BCUT2D eigenvalue weighted by Gasteiger charge is 2.09. The molecule has 0 radical (unpaired) electrons. The minimum atomic E-state index is -3.28. The zero-order valence-corrected chi connectivity index (χ0v) is 15.1. The Hall–Kier alpha value is -2.38. The summed E-state index contributed by atoms with van der Waals surface area (Å²) in [6, 6.07) is 14.0. The molecule has 0 spiro atoms. The molecule has 2 N–H and O–H groups in total. The van der Waals surface area contributed by atoms with Crippen LogP contribution in [0.3, 0.4) is 0 Å². The lowest BCUT2D eigenvalue weighted by Gasteiger charge is -2.08. The Morgan fingerprint density at radius 3 is 2.16 bits per heavy atom. The lowest BCUT2D eigenvalue weighted by atomic mass is 10.1. The van der Waals surface area contributed by atoms with Crippen molar-refractivity contribution in [3.8, 4) is 5.75 Å². The quantitative estimate of drug-likeness (QED) is 0.753. The zero-order chi connectivity index (χ0) is 18.3. The SMILES string of the molecule is CCOc1ccc(C(=O)NCc2ccc(CS(=O)(=O)NC)cc2)cc1. The van der Waals surface area contributed by atoms with Crippen molar-refractivity contribution in [1.82, 2.24) is 10.0 Å². The van der Waals surface area contributed by atoms with E-state index in [0.717, 1.165) is 11.3 Å². The third kappa shape index (κ3) is 5.88. The van der Waals surface area contributed by atoms with Gasteiger partial charge in [-0.2, -0.15) is 0 Å². The number of carbonyl (C=O) groups excluding carboxylic acids is 1. The van der Waals surface area contributed by atoms with E-state index >= 15 is 0 Å². The Kier molecular flexibility index (Phi) is 6.55. The summed E-state index contributed by atoms with van der Waals surface area (Å²) in [5, 5.41) is 2.84. The van der Waals surface area contributed by atoms with Crippen LogP contribution in [0.2, 0.25) is 0 Å². The van der Waals surface area contributed by atoms with Crippen molar-refractivity contribution in [3.63, 3.8) is 0 Å². The first-order valence-corrected chi connectivity index (χ1v) is 9.59. The van der Waals surface area contributed by atoms with Crippen LogP contribution in [-0.4, -0.2) is 28.0 Å². The Labute approximate surface area is 148 Å². The van der Waals surface area contributed by atoms with Gasteiger partial charge >= 0.3 is 0 Å². The summed E-state index contributed by atoms with van der Waals surface area (Å²) in [6.07, 6.45) is 0. The van der Waals surface area contributed by atoms with Gasteiger partial charge < -0.3 is 10.1 Å². The largest absolute Gasteiger partial charge is 0.494 e. The molecule has 2 aromatic rings. The number of benzene rings is 2. The van der Waals surface area contributed by atoms with Gasteiger partial charge in [0, 0.05) is 12.1 Å². The standard InChI is InChI=1S/C18H22N2O4S/c1-3-24-17-10-8-16(9-11-17)18(21)20-12-14-4-6-15(7-5-14)13-25(22,23)19-2/h4-11,19H,3,12-13H2,1-2H3,(H,20,21). The molecule has 0 aromatic heterocycles. The van der Waals surface area contributed by atoms with E-state index in [1.807, 2.05) is 6.92 Å². The first-order valence-electron chi connectivity index (χ1n) is 7.93. The Morgan fingerprint density at radius 2 is 1.60 bits per heavy atom. The van der Waals surface area contributed by atoms with E-state index in [2.05, 4.69) is 10.0 Å². The van der Waals surface area contributed by atoms with E-state index in [1.165, 1.54) is 7.05 Å². The van der Waals surface area contributed by atoms with Crippen molar-refractivity contribution < 1.29 is 17.9 Å². The van der Waals surface area contributed by atoms with Crippen molar-refractivity contribution in [2.24, 2.45) is 0 Å². The molecule has 134 valence electrons. The van der Waals surface area contributed by atoms with Crippen LogP contribution in [0, 0.1) is 0 Å². The topological polar surface area (TPSA) is 84.5 Å². The molecule has 25 heavy (non-hydrogen) atoms. The van der Waals surface area contributed by atoms with Gasteiger partial charge in [0.25, 0.3) is 5.91 Å². The maximum absolute atomic E-state index is 12.1. The molecule has 0 aliphatic carbocycles. The molecule has 0 bridgehead atoms. The van der Waals surface area contributed by atoms with E-state index in [9.17, 15) is 13.2 Å². The second-order valence-corrected chi connectivity index (χ2v) is 7.35. The third-order valence-electron chi connectivity index (χ3n) is 3.57. The van der Waals surface area contributed by atoms with Crippen LogP contribution in [-0.2, 0) is 22.3 Å². The first-order chi connectivity index (χ1) is 11.9. The van der Waals surface area contributed by atoms with Gasteiger partial charge in [-0.3, -0.25) is 4.79 Å². The molecule has 2 rings (SSSR count). The highest BCUT2D eigenvalue weighted by Crippen LogP contribution is 2.12. The molecule has 2 aromatic carbocycles. The molecule has 0 aliphatic rings. The van der Waals surface area contributed by atoms with Crippen LogP contribution in [0.1, 0.15) is 28.4 Å². The number of carbonyl (C=O) groups is 1. The highest BCUT2D eigenvalue weighted by atomic mass is 32.2. The van der Waals surface area contributed by atoms with Gasteiger partial charge in [-0.25, -0.2) is 13.1 Å². The molecular formula is C18H22N2O4S. The fourth-order valence-electron chi connectivity index (χ4n) is 2.20. The van der Waals surface area contributed by atoms with E-state index in [1.54, 1.807) is 48.5 Å². The van der Waals surface area contributed by atoms with E-state index in [-0.39, 0.29) is 11.7 Å². The molecule has 0 heterocycles. The normalized spacial score (nSPS) is 11.1. The van der Waals surface area contributed by atoms with Crippen molar-refractivity contribution in [3.05, 3.63) is 65.2 Å². The van der Waals surface area contributed by atoms with Gasteiger partial charge in [-0.05, 0) is 49.4 Å². The van der Waals surface area contributed by atoms with Crippen LogP contribution in [0.4, 0.5) is 0 Å². The van der Waals surface area contributed by atoms with Gasteiger partial charge in [0.05, 0.1) is 12.4 Å². The molecule has 0 fully saturated rings. The minimum Gasteiger partial charge on any atom is -0.494 e. The predicted octanol–water partition coefficient (Wildman–Crippen LogP) is 2.06. The number of rotatable bonds is 8. The van der Waals surface area contributed by atoms with Crippen molar-refractivity contribution in [1.29, 1.82) is 0 Å². The lowest BCUT2D eigenvalue weighted by Crippen LogP contribution is -2.23. The van der Waals surface area contributed by atoms with Crippen LogP contribution in [0.15, 0.2) is 48.5 Å². The monoisotopic (exact) mass is 362 g/mol. The van der Waals surface area contributed by atoms with Crippen LogP contribution in [0.25, 0.3) is 0 Å². The second-order valence-electron chi connectivity index (χ2n) is 5.42. The summed E-state index contributed by atoms with van der Waals surface area (Å²) in [6.45, 7) is 2.85. The summed E-state index contributed by atoms with van der Waals surface area (Å²) in [4.78, 5) is 12.1. The summed E-state index contributed by atoms with van der Waals surface area (Å²) in [5.74, 6) is 0.485. The number of hydrogen-bond acceptors (Lipinski definition) is 4. The van der Waals surface area contributed by atoms with Crippen molar-refractivity contribution >= 4 is 15.9 Å². The molecule has 1 amide bonds. The second kappa shape index (κ2) is 8.64. The lowest BCUT2D eigenvalue weighted by molar-refractivity contribution is 0.0951. The average Bonchev–Trinajstić information content (AvgIpc) is 2.61. The zero-order valence-electron chi connectivity index (χ0n) is 14.3. The molecule has 7 heteroatoms. The number of nitrogens with one attached hydrogen (secondary N) is 2. The van der Waals surface area contributed by atoms with E-state index < -0.39 is 10.0 Å². The third-order valence-corrected chi connectivity index (χ3v) is 4.91. The molecular weight excluding hydrogens is 340 g/mol. The molecule has 0 atom stereocenters. The van der Waals surface area contributed by atoms with Crippen LogP contribution in [0.5, 0.6) is 5.75 Å². The van der Waals surface area contributed by atoms with Gasteiger partial charge in [0.1, 0.15) is 5.75 Å². The molecule has 0 aliphatic heterocycles. The summed E-state index contributed by atoms with van der Waals surface area (Å²) >= 11 is 0. The van der Waals surface area contributed by atoms with Crippen molar-refractivity contribution in [2.45, 2.75) is 19.2 Å². The fraction of sp³-hybridized carbons (Fsp3) is 0.278. The van der Waals surface area contributed by atoms with Gasteiger partial charge in [0.15, 0.2) is 0 Å². The number of ether oxygens (including phenoxy) is 1. The number of sulfonamides is 1. The first kappa shape index (κ1) is 19.0. The smallest absolute Gasteiger partial charge is 0.251 e. The summed E-state index contributed by atoms with van der Waals surface area (Å²) in [7, 11) is -1.90. The predicted molar refractivity (Wildman–Crippen MR) is 96.9 cm³/mol. The van der Waals surface area contributed by atoms with Gasteiger partial charge in [0.2, 0.25) is 10.0 Å². The maximum Gasteiger partial charge on any atom is 0.251 e. The molecule has 0 unspecified atom stereocenters. The molecule has 6 nitrogen and oxygen atoms in total. The van der Waals surface area contributed by atoms with E-state index in [4.69, 9.17) is 4.74 Å². The summed E-state index contributed by atoms with van der Waals surface area (Å²) in [5.41, 5.74) is 2.14. The number of amides is 1. The molecule has 0 saturated carbocycles. The molecule has 0 saturated heterocycles. The van der Waals surface area contributed by atoms with E-state index in [0.29, 0.717) is 24.3 Å².